The molecule has 3 aliphatic heterocycles. The molecule has 3 aliphatic rings. The summed E-state index contributed by atoms with van der Waals surface area (Å²) in [4.78, 5) is 15.1. The number of hydrogen-bond acceptors (Lipinski definition) is 2. The minimum Gasteiger partial charge on any atom is -0.301 e. The lowest BCUT2D eigenvalue weighted by Gasteiger charge is -2.44. The molecule has 1 aromatic carbocycles. The fourth-order valence-electron chi connectivity index (χ4n) is 3.83. The average Bonchev–Trinajstić information content (AvgIpc) is 2.90. The predicted molar refractivity (Wildman–Crippen MR) is 82.4 cm³/mol. The number of fused-ring (bicyclic) bond motifs is 3. The number of aromatic nitrogens is 2. The van der Waals surface area contributed by atoms with Gasteiger partial charge in [0.25, 0.3) is 0 Å². The van der Waals surface area contributed by atoms with Gasteiger partial charge in [0.1, 0.15) is 0 Å². The van der Waals surface area contributed by atoms with Gasteiger partial charge in [0, 0.05) is 18.9 Å². The van der Waals surface area contributed by atoms with E-state index in [1.165, 1.54) is 31.5 Å². The Balaban J connectivity index is 1.59. The highest BCUT2D eigenvalue weighted by atomic mass is 16.1. The molecule has 0 amide bonds. The minimum absolute atomic E-state index is 0.137. The van der Waals surface area contributed by atoms with Crippen LogP contribution in [0.2, 0.25) is 0 Å². The maximum absolute atomic E-state index is 12.7. The monoisotopic (exact) mass is 283 g/mol. The second-order valence-electron chi connectivity index (χ2n) is 6.31. The van der Waals surface area contributed by atoms with E-state index in [4.69, 9.17) is 0 Å². The van der Waals surface area contributed by atoms with Crippen LogP contribution in [0.1, 0.15) is 24.4 Å². The first-order valence-corrected chi connectivity index (χ1v) is 7.85. The fourth-order valence-corrected chi connectivity index (χ4v) is 3.83. The van der Waals surface area contributed by atoms with Crippen LogP contribution in [0.15, 0.2) is 47.5 Å². The van der Waals surface area contributed by atoms with Crippen molar-refractivity contribution in [2.75, 3.05) is 19.6 Å². The lowest BCUT2D eigenvalue weighted by molar-refractivity contribution is 0.0552. The van der Waals surface area contributed by atoms with E-state index >= 15 is 0 Å². The first-order chi connectivity index (χ1) is 10.3. The molecule has 1 unspecified atom stereocenters. The summed E-state index contributed by atoms with van der Waals surface area (Å²) < 4.78 is 3.80. The smallest absolute Gasteiger partial charge is 0.301 e. The maximum atomic E-state index is 12.7. The third kappa shape index (κ3) is 2.33. The summed E-state index contributed by atoms with van der Waals surface area (Å²) in [5.41, 5.74) is 1.31. The maximum Gasteiger partial charge on any atom is 0.328 e. The SMILES string of the molecule is O=c1n(Cc2ccccc2)ccn1C1CN2CCC1CC2. The summed E-state index contributed by atoms with van der Waals surface area (Å²) in [6, 6.07) is 10.5. The van der Waals surface area contributed by atoms with Crippen molar-refractivity contribution in [3.8, 4) is 0 Å². The van der Waals surface area contributed by atoms with Crippen LogP contribution in [0.3, 0.4) is 0 Å². The number of nitrogens with zero attached hydrogens (tertiary/aromatic N) is 3. The Morgan fingerprint density at radius 3 is 2.48 bits per heavy atom. The Bertz CT molecular complexity index is 665. The molecule has 0 saturated carbocycles. The summed E-state index contributed by atoms with van der Waals surface area (Å²) in [5.74, 6) is 0.681. The molecule has 4 heterocycles. The fraction of sp³-hybridized carbons (Fsp3) is 0.471. The number of hydrogen-bond donors (Lipinski definition) is 0. The molecule has 21 heavy (non-hydrogen) atoms. The number of rotatable bonds is 3. The van der Waals surface area contributed by atoms with Crippen LogP contribution in [0, 0.1) is 5.92 Å². The van der Waals surface area contributed by atoms with Crippen LogP contribution in [0.5, 0.6) is 0 Å². The second kappa shape index (κ2) is 5.19. The zero-order valence-electron chi connectivity index (χ0n) is 12.2. The van der Waals surface area contributed by atoms with Gasteiger partial charge in [-0.2, -0.15) is 0 Å². The van der Waals surface area contributed by atoms with Crippen molar-refractivity contribution in [2.24, 2.45) is 5.92 Å². The number of piperidine rings is 3. The van der Waals surface area contributed by atoms with Gasteiger partial charge in [0.15, 0.2) is 0 Å². The highest BCUT2D eigenvalue weighted by Crippen LogP contribution is 2.34. The van der Waals surface area contributed by atoms with Gasteiger partial charge < -0.3 is 4.90 Å². The third-order valence-electron chi connectivity index (χ3n) is 5.05. The molecule has 1 atom stereocenters. The van der Waals surface area contributed by atoms with E-state index in [-0.39, 0.29) is 5.69 Å². The van der Waals surface area contributed by atoms with E-state index in [1.54, 1.807) is 0 Å². The van der Waals surface area contributed by atoms with Crippen LogP contribution < -0.4 is 5.69 Å². The Morgan fingerprint density at radius 1 is 1.05 bits per heavy atom. The van der Waals surface area contributed by atoms with E-state index in [0.29, 0.717) is 18.5 Å². The molecule has 2 bridgehead atoms. The quantitative estimate of drug-likeness (QED) is 0.862. The molecule has 3 fully saturated rings. The summed E-state index contributed by atoms with van der Waals surface area (Å²) in [6.45, 7) is 4.12. The van der Waals surface area contributed by atoms with Crippen molar-refractivity contribution in [3.05, 3.63) is 58.8 Å². The van der Waals surface area contributed by atoms with Crippen molar-refractivity contribution in [3.63, 3.8) is 0 Å². The summed E-state index contributed by atoms with van der Waals surface area (Å²) in [6.07, 6.45) is 6.40. The van der Waals surface area contributed by atoms with Gasteiger partial charge in [-0.1, -0.05) is 30.3 Å². The standard InChI is InChI=1S/C17H21N3O/c21-17-19(12-14-4-2-1-3-5-14)10-11-20(17)16-13-18-8-6-15(16)7-9-18/h1-5,10-11,15-16H,6-9,12-13H2. The average molecular weight is 283 g/mol. The summed E-state index contributed by atoms with van der Waals surface area (Å²) in [7, 11) is 0. The molecule has 0 N–H and O–H groups in total. The first kappa shape index (κ1) is 12.9. The highest BCUT2D eigenvalue weighted by Gasteiger charge is 2.35. The van der Waals surface area contributed by atoms with Gasteiger partial charge in [-0.15, -0.1) is 0 Å². The van der Waals surface area contributed by atoms with Crippen LogP contribution in [-0.4, -0.2) is 33.7 Å². The molecule has 110 valence electrons. The second-order valence-corrected chi connectivity index (χ2v) is 6.31. The molecule has 0 aliphatic carbocycles. The Kier molecular flexibility index (Phi) is 3.19. The normalized spacial score (nSPS) is 27.9. The van der Waals surface area contributed by atoms with E-state index in [9.17, 15) is 4.79 Å². The Labute approximate surface area is 124 Å². The minimum atomic E-state index is 0.137. The van der Waals surface area contributed by atoms with Crippen molar-refractivity contribution in [2.45, 2.75) is 25.4 Å². The Morgan fingerprint density at radius 2 is 1.81 bits per heavy atom. The third-order valence-corrected chi connectivity index (χ3v) is 5.05. The molecule has 1 aromatic heterocycles. The van der Waals surface area contributed by atoms with E-state index in [2.05, 4.69) is 17.0 Å². The van der Waals surface area contributed by atoms with E-state index in [1.807, 2.05) is 39.7 Å². The topological polar surface area (TPSA) is 30.2 Å². The molecule has 4 nitrogen and oxygen atoms in total. The van der Waals surface area contributed by atoms with Gasteiger partial charge in [0.2, 0.25) is 0 Å². The first-order valence-electron chi connectivity index (χ1n) is 7.85. The molecular formula is C17H21N3O. The lowest BCUT2D eigenvalue weighted by atomic mass is 9.84. The van der Waals surface area contributed by atoms with Crippen molar-refractivity contribution < 1.29 is 0 Å². The molecule has 4 heteroatoms. The molecule has 2 aromatic rings. The van der Waals surface area contributed by atoms with Crippen molar-refractivity contribution in [1.29, 1.82) is 0 Å². The van der Waals surface area contributed by atoms with Crippen LogP contribution >= 0.6 is 0 Å². The van der Waals surface area contributed by atoms with Crippen LogP contribution in [0.25, 0.3) is 0 Å². The molecule has 0 spiro atoms. The Hall–Kier alpha value is -1.81. The van der Waals surface area contributed by atoms with Crippen molar-refractivity contribution in [1.82, 2.24) is 14.0 Å². The highest BCUT2D eigenvalue weighted by molar-refractivity contribution is 5.15. The van der Waals surface area contributed by atoms with E-state index < -0.39 is 0 Å². The van der Waals surface area contributed by atoms with Gasteiger partial charge in [-0.05, 0) is 37.4 Å². The molecule has 0 radical (unpaired) electrons. The van der Waals surface area contributed by atoms with Gasteiger partial charge >= 0.3 is 5.69 Å². The lowest BCUT2D eigenvalue weighted by Crippen LogP contribution is -2.49. The molecule has 5 rings (SSSR count). The van der Waals surface area contributed by atoms with Crippen LogP contribution in [0.4, 0.5) is 0 Å². The largest absolute Gasteiger partial charge is 0.328 e. The summed E-state index contributed by atoms with van der Waals surface area (Å²) in [5, 5.41) is 0. The van der Waals surface area contributed by atoms with Gasteiger partial charge in [-0.25, -0.2) is 4.79 Å². The predicted octanol–water partition coefficient (Wildman–Crippen LogP) is 1.96. The zero-order valence-corrected chi connectivity index (χ0v) is 12.2. The zero-order chi connectivity index (χ0) is 14.2. The summed E-state index contributed by atoms with van der Waals surface area (Å²) >= 11 is 0. The molecular weight excluding hydrogens is 262 g/mol. The number of imidazole rings is 1. The van der Waals surface area contributed by atoms with Gasteiger partial charge in [0.05, 0.1) is 12.6 Å². The van der Waals surface area contributed by atoms with Crippen molar-refractivity contribution >= 4 is 0 Å². The number of benzene rings is 1. The molecule has 3 saturated heterocycles. The van der Waals surface area contributed by atoms with Crippen LogP contribution in [-0.2, 0) is 6.54 Å². The van der Waals surface area contributed by atoms with Gasteiger partial charge in [-0.3, -0.25) is 9.13 Å². The van der Waals surface area contributed by atoms with E-state index in [0.717, 1.165) is 6.54 Å².